The largest absolute Gasteiger partial charge is 0.309 e. The lowest BCUT2D eigenvalue weighted by molar-refractivity contribution is 1.15. The molecule has 0 bridgehead atoms. The topological polar surface area (TPSA) is 14.8 Å². The highest BCUT2D eigenvalue weighted by atomic mass is 15.0. The van der Waals surface area contributed by atoms with Crippen LogP contribution in [-0.4, -0.2) is 13.7 Å². The maximum absolute atomic E-state index is 2.47. The second-order valence-corrected chi connectivity index (χ2v) is 15.0. The number of aromatic nitrogens is 3. The van der Waals surface area contributed by atoms with Crippen molar-refractivity contribution in [3.05, 3.63) is 212 Å². The van der Waals surface area contributed by atoms with Crippen LogP contribution in [0.15, 0.2) is 212 Å². The van der Waals surface area contributed by atoms with Gasteiger partial charge in [0.15, 0.2) is 0 Å². The monoisotopic (exact) mass is 725 g/mol. The second-order valence-electron chi connectivity index (χ2n) is 15.0. The van der Waals surface area contributed by atoms with Gasteiger partial charge in [-0.1, -0.05) is 140 Å². The van der Waals surface area contributed by atoms with Crippen LogP contribution in [0, 0.1) is 0 Å². The Morgan fingerprint density at radius 1 is 0.193 bits per heavy atom. The zero-order valence-corrected chi connectivity index (χ0v) is 31.0. The molecule has 0 saturated heterocycles. The lowest BCUT2D eigenvalue weighted by atomic mass is 9.98. The van der Waals surface area contributed by atoms with E-state index in [1.807, 2.05) is 0 Å². The molecule has 266 valence electrons. The van der Waals surface area contributed by atoms with Crippen LogP contribution in [0.1, 0.15) is 0 Å². The summed E-state index contributed by atoms with van der Waals surface area (Å²) in [5.41, 5.74) is 15.3. The van der Waals surface area contributed by atoms with Crippen molar-refractivity contribution < 1.29 is 0 Å². The van der Waals surface area contributed by atoms with Gasteiger partial charge in [-0.2, -0.15) is 0 Å². The summed E-state index contributed by atoms with van der Waals surface area (Å²) in [5.74, 6) is 0. The molecule has 0 fully saturated rings. The van der Waals surface area contributed by atoms with Crippen molar-refractivity contribution in [2.45, 2.75) is 0 Å². The highest BCUT2D eigenvalue weighted by Gasteiger charge is 2.20. The molecule has 12 aromatic rings. The predicted molar refractivity (Wildman–Crippen MR) is 240 cm³/mol. The first-order chi connectivity index (χ1) is 28.3. The number of benzene rings is 9. The molecule has 3 heterocycles. The molecule has 57 heavy (non-hydrogen) atoms. The van der Waals surface area contributed by atoms with Crippen molar-refractivity contribution in [3.8, 4) is 39.3 Å². The summed E-state index contributed by atoms with van der Waals surface area (Å²) in [7, 11) is 0. The first-order valence-electron chi connectivity index (χ1n) is 19.6. The Kier molecular flexibility index (Phi) is 6.93. The van der Waals surface area contributed by atoms with Crippen molar-refractivity contribution in [1.82, 2.24) is 13.7 Å². The van der Waals surface area contributed by atoms with Crippen molar-refractivity contribution in [1.29, 1.82) is 0 Å². The summed E-state index contributed by atoms with van der Waals surface area (Å²) in [6, 6.07) is 77.5. The van der Waals surface area contributed by atoms with Crippen molar-refractivity contribution in [2.75, 3.05) is 0 Å². The van der Waals surface area contributed by atoms with E-state index in [4.69, 9.17) is 0 Å². The molecule has 0 N–H and O–H groups in total. The van der Waals surface area contributed by atoms with E-state index in [0.29, 0.717) is 0 Å². The molecule has 0 spiro atoms. The summed E-state index contributed by atoms with van der Waals surface area (Å²) in [5, 5.41) is 7.47. The Hall–Kier alpha value is -7.62. The molecule has 3 aromatic heterocycles. The maximum atomic E-state index is 2.47. The van der Waals surface area contributed by atoms with Crippen LogP contribution in [0.5, 0.6) is 0 Å². The maximum Gasteiger partial charge on any atom is 0.0562 e. The molecule has 3 heteroatoms. The third-order valence-corrected chi connectivity index (χ3v) is 11.8. The van der Waals surface area contributed by atoms with Gasteiger partial charge in [0.2, 0.25) is 0 Å². The Morgan fingerprint density at radius 3 is 1.14 bits per heavy atom. The van der Waals surface area contributed by atoms with Crippen LogP contribution in [-0.2, 0) is 0 Å². The summed E-state index contributed by atoms with van der Waals surface area (Å²) >= 11 is 0. The lowest BCUT2D eigenvalue weighted by Gasteiger charge is -2.14. The molecule has 0 aliphatic heterocycles. The van der Waals surface area contributed by atoms with Crippen LogP contribution in [0.4, 0.5) is 0 Å². The molecule has 9 aromatic carbocycles. The minimum Gasteiger partial charge on any atom is -0.309 e. The first-order valence-corrected chi connectivity index (χ1v) is 19.6. The fourth-order valence-electron chi connectivity index (χ4n) is 9.28. The number of nitrogens with zero attached hydrogens (tertiary/aromatic N) is 3. The highest BCUT2D eigenvalue weighted by Crippen LogP contribution is 2.42. The summed E-state index contributed by atoms with van der Waals surface area (Å²) in [6.07, 6.45) is 0. The fraction of sp³-hybridized carbons (Fsp3) is 0. The van der Waals surface area contributed by atoms with Gasteiger partial charge in [-0.15, -0.1) is 0 Å². The average Bonchev–Trinajstić information content (AvgIpc) is 3.91. The zero-order chi connectivity index (χ0) is 37.5. The molecule has 0 atom stereocenters. The van der Waals surface area contributed by atoms with Crippen molar-refractivity contribution in [2.24, 2.45) is 0 Å². The molecule has 12 rings (SSSR count). The number of rotatable bonds is 5. The van der Waals surface area contributed by atoms with Gasteiger partial charge in [0.1, 0.15) is 0 Å². The number of fused-ring (bicyclic) bond motifs is 9. The second kappa shape index (κ2) is 12.5. The van der Waals surface area contributed by atoms with E-state index in [9.17, 15) is 0 Å². The first kappa shape index (κ1) is 31.7. The Balaban J connectivity index is 1.17. The van der Waals surface area contributed by atoms with Crippen molar-refractivity contribution in [3.63, 3.8) is 0 Å². The minimum atomic E-state index is 1.13. The van der Waals surface area contributed by atoms with E-state index < -0.39 is 0 Å². The smallest absolute Gasteiger partial charge is 0.0562 e. The van der Waals surface area contributed by atoms with Crippen LogP contribution < -0.4 is 0 Å². The predicted octanol–water partition coefficient (Wildman–Crippen LogP) is 14.3. The Bertz CT molecular complexity index is 3440. The van der Waals surface area contributed by atoms with Gasteiger partial charge in [0.25, 0.3) is 0 Å². The van der Waals surface area contributed by atoms with E-state index in [-0.39, 0.29) is 0 Å². The van der Waals surface area contributed by atoms with Crippen LogP contribution >= 0.6 is 0 Å². The van der Waals surface area contributed by atoms with Crippen molar-refractivity contribution >= 4 is 65.4 Å². The molecule has 0 radical (unpaired) electrons. The Morgan fingerprint density at radius 2 is 0.596 bits per heavy atom. The lowest BCUT2D eigenvalue weighted by Crippen LogP contribution is -1.98. The van der Waals surface area contributed by atoms with Gasteiger partial charge in [-0.05, 0) is 95.1 Å². The molecule has 0 saturated carbocycles. The quantitative estimate of drug-likeness (QED) is 0.168. The number of hydrogen-bond donors (Lipinski definition) is 0. The number of hydrogen-bond acceptors (Lipinski definition) is 0. The number of para-hydroxylation sites is 4. The molecule has 3 nitrogen and oxygen atoms in total. The van der Waals surface area contributed by atoms with Gasteiger partial charge >= 0.3 is 0 Å². The van der Waals surface area contributed by atoms with Gasteiger partial charge in [0.05, 0.1) is 33.1 Å². The highest BCUT2D eigenvalue weighted by molar-refractivity contribution is 6.19. The van der Waals surface area contributed by atoms with E-state index in [1.165, 1.54) is 87.7 Å². The standard InChI is InChI=1S/C54H35N3/c1-4-16-36(17-5-1)38-30-39(37-18-6-2-7-19-37)32-42(31-38)57-51-27-15-12-24-45(51)48-34-47-44-23-11-14-26-50(44)56(53(47)35-54(48)57)41-28-29-46-43-22-10-13-25-49(43)55(52(46)33-41)40-20-8-3-9-21-40/h1-35H. The van der Waals surface area contributed by atoms with E-state index in [2.05, 4.69) is 226 Å². The summed E-state index contributed by atoms with van der Waals surface area (Å²) in [4.78, 5) is 0. The van der Waals surface area contributed by atoms with Crippen LogP contribution in [0.25, 0.3) is 105 Å². The third-order valence-electron chi connectivity index (χ3n) is 11.8. The third kappa shape index (κ3) is 4.86. The van der Waals surface area contributed by atoms with Crippen LogP contribution in [0.2, 0.25) is 0 Å². The molecule has 0 amide bonds. The fourth-order valence-corrected chi connectivity index (χ4v) is 9.28. The van der Waals surface area contributed by atoms with Crippen LogP contribution in [0.3, 0.4) is 0 Å². The molecule has 0 unspecified atom stereocenters. The van der Waals surface area contributed by atoms with E-state index in [0.717, 1.165) is 17.1 Å². The molecular weight excluding hydrogens is 691 g/mol. The summed E-state index contributed by atoms with van der Waals surface area (Å²) < 4.78 is 7.35. The van der Waals surface area contributed by atoms with E-state index in [1.54, 1.807) is 0 Å². The molecule has 0 aliphatic carbocycles. The average molecular weight is 726 g/mol. The normalized spacial score (nSPS) is 11.9. The minimum absolute atomic E-state index is 1.13. The summed E-state index contributed by atoms with van der Waals surface area (Å²) in [6.45, 7) is 0. The van der Waals surface area contributed by atoms with Gasteiger partial charge in [-0.25, -0.2) is 0 Å². The van der Waals surface area contributed by atoms with Gasteiger partial charge in [0, 0.05) is 49.4 Å². The van der Waals surface area contributed by atoms with E-state index >= 15 is 0 Å². The Labute approximate surface area is 329 Å². The van der Waals surface area contributed by atoms with Gasteiger partial charge < -0.3 is 13.7 Å². The molecule has 0 aliphatic rings. The molecular formula is C54H35N3. The SMILES string of the molecule is c1ccc(-c2cc(-c3ccccc3)cc(-n3c4ccccc4c4cc5c6ccccc6n(-c6ccc7c8ccccc8n(-c8ccccc8)c7c6)c5cc43)c2)cc1. The zero-order valence-electron chi connectivity index (χ0n) is 31.0. The van der Waals surface area contributed by atoms with Gasteiger partial charge in [-0.3, -0.25) is 0 Å².